The molecule has 0 aromatic heterocycles. The van der Waals surface area contributed by atoms with Crippen molar-refractivity contribution in [3.8, 4) is 5.75 Å². The van der Waals surface area contributed by atoms with Gasteiger partial charge >= 0.3 is 0 Å². The number of carbonyl (C=O) groups is 3. The third-order valence-corrected chi connectivity index (χ3v) is 9.81. The Morgan fingerprint density at radius 3 is 2.44 bits per heavy atom. The molecule has 0 saturated carbocycles. The number of halogens is 4. The first-order valence-electron chi connectivity index (χ1n) is 15.9. The molecule has 3 amide bonds. The molecule has 3 aromatic carbocycles. The molecule has 0 unspecified atom stereocenters. The summed E-state index contributed by atoms with van der Waals surface area (Å²) in [4.78, 5) is 42.2. The maximum absolute atomic E-state index is 14.6. The van der Waals surface area contributed by atoms with Gasteiger partial charge in [-0.2, -0.15) is 0 Å². The van der Waals surface area contributed by atoms with Crippen molar-refractivity contribution in [3.63, 3.8) is 0 Å². The number of rotatable bonds is 8. The van der Waals surface area contributed by atoms with Crippen LogP contribution in [-0.2, 0) is 26.2 Å². The van der Waals surface area contributed by atoms with Gasteiger partial charge in [0.1, 0.15) is 24.2 Å². The molecule has 1 saturated heterocycles. The molecule has 6 rings (SSSR count). The maximum atomic E-state index is 14.6. The second kappa shape index (κ2) is 13.3. The van der Waals surface area contributed by atoms with Crippen LogP contribution in [0.3, 0.4) is 0 Å². The van der Waals surface area contributed by atoms with Crippen LogP contribution in [0.1, 0.15) is 48.3 Å². The summed E-state index contributed by atoms with van der Waals surface area (Å²) in [7, 11) is 1.38. The number of benzene rings is 3. The van der Waals surface area contributed by atoms with Crippen LogP contribution in [0, 0.1) is 23.3 Å². The van der Waals surface area contributed by atoms with E-state index >= 15 is 0 Å². The fourth-order valence-electron chi connectivity index (χ4n) is 7.45. The Morgan fingerprint density at radius 2 is 1.75 bits per heavy atom. The van der Waals surface area contributed by atoms with Crippen LogP contribution < -0.4 is 25.2 Å². The van der Waals surface area contributed by atoms with E-state index in [-0.39, 0.29) is 41.5 Å². The van der Waals surface area contributed by atoms with Crippen molar-refractivity contribution in [3.05, 3.63) is 101 Å². The van der Waals surface area contributed by atoms with Gasteiger partial charge in [0, 0.05) is 44.7 Å². The van der Waals surface area contributed by atoms with E-state index in [4.69, 9.17) is 4.74 Å². The van der Waals surface area contributed by atoms with Gasteiger partial charge in [-0.25, -0.2) is 17.6 Å². The molecule has 252 valence electrons. The molecule has 2 N–H and O–H groups in total. The predicted octanol–water partition coefficient (Wildman–Crippen LogP) is 5.04. The Bertz CT molecular complexity index is 1750. The summed E-state index contributed by atoms with van der Waals surface area (Å²) in [5.41, 5.74) is 3.06. The van der Waals surface area contributed by atoms with Crippen LogP contribution >= 0.6 is 0 Å². The molecule has 12 heteroatoms. The molecule has 3 aromatic rings. The molecule has 1 fully saturated rings. The normalized spacial score (nSPS) is 18.4. The summed E-state index contributed by atoms with van der Waals surface area (Å²) in [5.74, 6) is -5.56. The number of carbonyl (C=O) groups excluding carboxylic acids is 3. The second-order valence-electron chi connectivity index (χ2n) is 12.6. The number of ether oxygens (including phenoxy) is 1. The number of amides is 3. The zero-order valence-electron chi connectivity index (χ0n) is 26.5. The van der Waals surface area contributed by atoms with E-state index in [9.17, 15) is 31.9 Å². The van der Waals surface area contributed by atoms with Gasteiger partial charge in [0.25, 0.3) is 5.91 Å². The summed E-state index contributed by atoms with van der Waals surface area (Å²) >= 11 is 0. The average molecular weight is 665 g/mol. The van der Waals surface area contributed by atoms with Crippen molar-refractivity contribution < 1.29 is 36.7 Å². The molecule has 0 radical (unpaired) electrons. The molecule has 2 aliphatic heterocycles. The van der Waals surface area contributed by atoms with Crippen LogP contribution in [0.25, 0.3) is 0 Å². The molecule has 0 bridgehead atoms. The highest BCUT2D eigenvalue weighted by atomic mass is 19.2. The molecule has 1 spiro atoms. The van der Waals surface area contributed by atoms with Crippen molar-refractivity contribution >= 4 is 29.1 Å². The minimum Gasteiger partial charge on any atom is -0.489 e. The zero-order valence-corrected chi connectivity index (χ0v) is 26.5. The van der Waals surface area contributed by atoms with Gasteiger partial charge < -0.3 is 25.2 Å². The van der Waals surface area contributed by atoms with Gasteiger partial charge in [0.05, 0.1) is 12.2 Å². The van der Waals surface area contributed by atoms with Crippen LogP contribution in [-0.4, -0.2) is 57.1 Å². The highest BCUT2D eigenvalue weighted by Crippen LogP contribution is 2.53. The van der Waals surface area contributed by atoms with Crippen molar-refractivity contribution in [1.29, 1.82) is 0 Å². The average Bonchev–Trinajstić information content (AvgIpc) is 3.36. The van der Waals surface area contributed by atoms with Gasteiger partial charge in [0.2, 0.25) is 11.8 Å². The number of hydrogen-bond donors (Lipinski definition) is 2. The third kappa shape index (κ3) is 6.35. The smallest absolute Gasteiger partial charge is 0.250 e. The lowest BCUT2D eigenvalue weighted by molar-refractivity contribution is -0.128. The van der Waals surface area contributed by atoms with Crippen molar-refractivity contribution in [2.45, 2.75) is 49.5 Å². The van der Waals surface area contributed by atoms with Gasteiger partial charge in [-0.05, 0) is 89.8 Å². The minimum absolute atomic E-state index is 0.0146. The highest BCUT2D eigenvalue weighted by Gasteiger charge is 2.46. The van der Waals surface area contributed by atoms with E-state index in [1.165, 1.54) is 19.2 Å². The summed E-state index contributed by atoms with van der Waals surface area (Å²) in [6, 6.07) is 10.9. The van der Waals surface area contributed by atoms with Gasteiger partial charge in [-0.15, -0.1) is 0 Å². The van der Waals surface area contributed by atoms with E-state index < -0.39 is 35.3 Å². The zero-order chi connectivity index (χ0) is 34.2. The summed E-state index contributed by atoms with van der Waals surface area (Å²) in [5, 5.41) is 5.13. The Hall–Kier alpha value is -4.87. The molecule has 3 aliphatic rings. The largest absolute Gasteiger partial charge is 0.489 e. The maximum Gasteiger partial charge on any atom is 0.250 e. The number of anilines is 2. The minimum atomic E-state index is -1.61. The molecule has 2 atom stereocenters. The fourth-order valence-corrected chi connectivity index (χ4v) is 7.45. The Balaban J connectivity index is 1.16. The lowest BCUT2D eigenvalue weighted by Crippen LogP contribution is -2.47. The van der Waals surface area contributed by atoms with Gasteiger partial charge in [-0.1, -0.05) is 12.6 Å². The van der Waals surface area contributed by atoms with Crippen LogP contribution in [0.5, 0.6) is 5.75 Å². The van der Waals surface area contributed by atoms with E-state index in [1.807, 2.05) is 18.2 Å². The third-order valence-electron chi connectivity index (χ3n) is 9.81. The van der Waals surface area contributed by atoms with E-state index in [0.29, 0.717) is 56.9 Å². The monoisotopic (exact) mass is 664 g/mol. The lowest BCUT2D eigenvalue weighted by Gasteiger charge is -2.42. The number of piperidine rings is 1. The van der Waals surface area contributed by atoms with Crippen LogP contribution in [0.4, 0.5) is 28.9 Å². The molecular formula is C36H36F4N4O4. The quantitative estimate of drug-likeness (QED) is 0.200. The van der Waals surface area contributed by atoms with Gasteiger partial charge in [-0.3, -0.25) is 14.4 Å². The topological polar surface area (TPSA) is 91.0 Å². The van der Waals surface area contributed by atoms with Crippen molar-refractivity contribution in [2.75, 3.05) is 43.1 Å². The van der Waals surface area contributed by atoms with Gasteiger partial charge in [0.15, 0.2) is 17.5 Å². The van der Waals surface area contributed by atoms with Crippen LogP contribution in [0.15, 0.2) is 61.2 Å². The molecule has 2 heterocycles. The SMILES string of the molecule is C=CC(=O)N1CCOc2cc(N3CCC4(CC3)C[C@@H](CC(=O)N[C@H](Cc3cc(F)c(F)c(F)c3)C(=O)NC)c3ccc(F)cc34)ccc21. The molecular weight excluding hydrogens is 628 g/mol. The number of likely N-dealkylation sites (N-methyl/N-ethyl adjacent to an activating group) is 1. The van der Waals surface area contributed by atoms with Crippen LogP contribution in [0.2, 0.25) is 0 Å². The fraction of sp³-hybridized carbons (Fsp3) is 0.361. The first kappa shape index (κ1) is 33.0. The number of fused-ring (bicyclic) bond motifs is 3. The lowest BCUT2D eigenvalue weighted by atomic mass is 9.73. The highest BCUT2D eigenvalue weighted by molar-refractivity contribution is 6.02. The van der Waals surface area contributed by atoms with Crippen molar-refractivity contribution in [2.24, 2.45) is 0 Å². The molecule has 48 heavy (non-hydrogen) atoms. The summed E-state index contributed by atoms with van der Waals surface area (Å²) < 4.78 is 61.7. The standard InChI is InChI=1S/C36H36F4N4O4/c1-3-33(46)44-12-13-48-31-19-24(5-7-30(31)44)43-10-8-36(9-11-43)20-22(25-6-4-23(37)18-26(25)36)17-32(45)42-29(35(47)41-2)16-21-14-27(38)34(40)28(39)15-21/h3-7,14-15,18-19,22,29H,1,8-13,16-17,20H2,2H3,(H,41,47)(H,42,45)/t22-,29-/m1/s1. The summed E-state index contributed by atoms with van der Waals surface area (Å²) in [6.07, 6.45) is 3.09. The summed E-state index contributed by atoms with van der Waals surface area (Å²) in [6.45, 7) is 5.76. The Kier molecular flexibility index (Phi) is 9.18. The van der Waals surface area contributed by atoms with E-state index in [1.54, 1.807) is 17.0 Å². The van der Waals surface area contributed by atoms with E-state index in [0.717, 1.165) is 28.9 Å². The number of nitrogens with one attached hydrogen (secondary N) is 2. The molecule has 1 aliphatic carbocycles. The first-order valence-corrected chi connectivity index (χ1v) is 15.9. The second-order valence-corrected chi connectivity index (χ2v) is 12.6. The predicted molar refractivity (Wildman–Crippen MR) is 172 cm³/mol. The number of hydrogen-bond acceptors (Lipinski definition) is 5. The Morgan fingerprint density at radius 1 is 1.02 bits per heavy atom. The molecule has 8 nitrogen and oxygen atoms in total. The Labute approximate surface area is 275 Å². The first-order chi connectivity index (χ1) is 23.0. The number of nitrogens with zero attached hydrogens (tertiary/aromatic N) is 2. The van der Waals surface area contributed by atoms with Crippen molar-refractivity contribution in [1.82, 2.24) is 10.6 Å². The van der Waals surface area contributed by atoms with E-state index in [2.05, 4.69) is 22.1 Å².